The molecule has 0 saturated carbocycles. The Balaban J connectivity index is 2.41. The van der Waals surface area contributed by atoms with Gasteiger partial charge in [0, 0.05) is 18.8 Å². The zero-order chi connectivity index (χ0) is 10.8. The zero-order valence-corrected chi connectivity index (χ0v) is 8.00. The Morgan fingerprint density at radius 3 is 2.87 bits per heavy atom. The zero-order valence-electron chi connectivity index (χ0n) is 8.00. The normalized spacial score (nSPS) is 12.7. The van der Waals surface area contributed by atoms with Gasteiger partial charge in [0.05, 0.1) is 18.1 Å². The van der Waals surface area contributed by atoms with Crippen LogP contribution in [0, 0.1) is 5.82 Å². The van der Waals surface area contributed by atoms with Gasteiger partial charge in [-0.2, -0.15) is 0 Å². The molecule has 0 aliphatic rings. The van der Waals surface area contributed by atoms with Crippen molar-refractivity contribution in [1.29, 1.82) is 0 Å². The summed E-state index contributed by atoms with van der Waals surface area (Å²) in [6.45, 7) is 0. The minimum absolute atomic E-state index is 0.162. The van der Waals surface area contributed by atoms with Crippen molar-refractivity contribution < 1.29 is 9.50 Å². The van der Waals surface area contributed by atoms with Crippen LogP contribution in [0.4, 0.5) is 4.39 Å². The highest BCUT2D eigenvalue weighted by atomic mass is 19.1. The van der Waals surface area contributed by atoms with Crippen LogP contribution in [0.3, 0.4) is 0 Å². The average molecular weight is 208 g/mol. The number of halogens is 1. The fraction of sp³-hybridized carbons (Fsp3) is 0.222. The summed E-state index contributed by atoms with van der Waals surface area (Å²) in [6.07, 6.45) is 2.80. The highest BCUT2D eigenvalue weighted by Gasteiger charge is 2.18. The number of pyridine rings is 1. The lowest BCUT2D eigenvalue weighted by atomic mass is 10.1. The number of aromatic nitrogens is 4. The van der Waals surface area contributed by atoms with Crippen molar-refractivity contribution in [3.8, 4) is 0 Å². The van der Waals surface area contributed by atoms with Gasteiger partial charge in [0.25, 0.3) is 0 Å². The van der Waals surface area contributed by atoms with Gasteiger partial charge in [0.1, 0.15) is 11.9 Å². The molecule has 0 saturated heterocycles. The molecule has 2 aromatic rings. The predicted octanol–water partition coefficient (Wildman–Crippen LogP) is 0.431. The predicted molar refractivity (Wildman–Crippen MR) is 49.3 cm³/mol. The first-order chi connectivity index (χ1) is 7.20. The Hall–Kier alpha value is -1.82. The molecule has 0 bridgehead atoms. The van der Waals surface area contributed by atoms with Crippen molar-refractivity contribution in [1.82, 2.24) is 20.0 Å². The molecule has 1 unspecified atom stereocenters. The maximum Gasteiger partial charge on any atom is 0.147 e. The van der Waals surface area contributed by atoms with Crippen LogP contribution in [-0.2, 0) is 7.05 Å². The Bertz CT molecular complexity index is 471. The average Bonchev–Trinajstić information content (AvgIpc) is 2.64. The lowest BCUT2D eigenvalue weighted by molar-refractivity contribution is 0.204. The number of aryl methyl sites for hydroxylation is 1. The third-order valence-electron chi connectivity index (χ3n) is 2.13. The smallest absolute Gasteiger partial charge is 0.147 e. The van der Waals surface area contributed by atoms with Crippen LogP contribution >= 0.6 is 0 Å². The van der Waals surface area contributed by atoms with Gasteiger partial charge in [0.2, 0.25) is 0 Å². The third-order valence-corrected chi connectivity index (χ3v) is 2.13. The highest BCUT2D eigenvalue weighted by molar-refractivity contribution is 5.23. The summed E-state index contributed by atoms with van der Waals surface area (Å²) in [4.78, 5) is 3.61. The minimum atomic E-state index is -1.08. The Morgan fingerprint density at radius 2 is 2.27 bits per heavy atom. The molecule has 0 aliphatic carbocycles. The fourth-order valence-electron chi connectivity index (χ4n) is 1.31. The van der Waals surface area contributed by atoms with Crippen LogP contribution < -0.4 is 0 Å². The van der Waals surface area contributed by atoms with Crippen LogP contribution in [0.5, 0.6) is 0 Å². The second-order valence-corrected chi connectivity index (χ2v) is 3.08. The standard InChI is InChI=1S/C9H9FN4O/c1-14-8(5-12-13-14)9(15)6-2-3-11-4-7(6)10/h2-5,9,15H,1H3. The summed E-state index contributed by atoms with van der Waals surface area (Å²) in [6, 6.07) is 1.42. The quantitative estimate of drug-likeness (QED) is 0.777. The largest absolute Gasteiger partial charge is 0.382 e. The van der Waals surface area contributed by atoms with E-state index >= 15 is 0 Å². The summed E-state index contributed by atoms with van der Waals surface area (Å²) >= 11 is 0. The van der Waals surface area contributed by atoms with E-state index in [0.29, 0.717) is 5.69 Å². The molecule has 2 rings (SSSR count). The molecule has 5 nitrogen and oxygen atoms in total. The van der Waals surface area contributed by atoms with E-state index in [1.54, 1.807) is 7.05 Å². The molecule has 15 heavy (non-hydrogen) atoms. The first kappa shape index (κ1) is 9.72. The molecule has 0 radical (unpaired) electrons. The molecule has 2 heterocycles. The van der Waals surface area contributed by atoms with Gasteiger partial charge in [-0.05, 0) is 6.07 Å². The van der Waals surface area contributed by atoms with E-state index in [9.17, 15) is 9.50 Å². The van der Waals surface area contributed by atoms with Crippen LogP contribution in [0.25, 0.3) is 0 Å². The second kappa shape index (κ2) is 3.74. The molecule has 0 aromatic carbocycles. The van der Waals surface area contributed by atoms with Crippen molar-refractivity contribution in [2.45, 2.75) is 6.10 Å². The molecule has 0 amide bonds. The first-order valence-electron chi connectivity index (χ1n) is 4.32. The molecule has 0 aliphatic heterocycles. The number of hydrogen-bond donors (Lipinski definition) is 1. The Labute approximate surface area is 85.2 Å². The Kier molecular flexibility index (Phi) is 2.42. The third kappa shape index (κ3) is 1.71. The van der Waals surface area contributed by atoms with Gasteiger partial charge in [-0.25, -0.2) is 9.07 Å². The van der Waals surface area contributed by atoms with E-state index in [1.165, 1.54) is 23.1 Å². The van der Waals surface area contributed by atoms with Crippen LogP contribution in [0.1, 0.15) is 17.4 Å². The summed E-state index contributed by atoms with van der Waals surface area (Å²) in [5.41, 5.74) is 0.593. The molecular weight excluding hydrogens is 199 g/mol. The van der Waals surface area contributed by atoms with Crippen molar-refractivity contribution in [3.63, 3.8) is 0 Å². The molecule has 78 valence electrons. The summed E-state index contributed by atoms with van der Waals surface area (Å²) in [7, 11) is 1.63. The topological polar surface area (TPSA) is 63.8 Å². The fourth-order valence-corrected chi connectivity index (χ4v) is 1.31. The van der Waals surface area contributed by atoms with Gasteiger partial charge in [0.15, 0.2) is 0 Å². The van der Waals surface area contributed by atoms with Gasteiger partial charge in [-0.1, -0.05) is 5.21 Å². The first-order valence-corrected chi connectivity index (χ1v) is 4.32. The van der Waals surface area contributed by atoms with Crippen molar-refractivity contribution >= 4 is 0 Å². The number of nitrogens with zero attached hydrogens (tertiary/aromatic N) is 4. The molecular formula is C9H9FN4O. The molecule has 6 heteroatoms. The molecule has 0 spiro atoms. The van der Waals surface area contributed by atoms with Gasteiger partial charge >= 0.3 is 0 Å². The molecule has 1 N–H and O–H groups in total. The SMILES string of the molecule is Cn1nncc1C(O)c1ccncc1F. The number of rotatable bonds is 2. The summed E-state index contributed by atoms with van der Waals surface area (Å²) < 4.78 is 14.7. The van der Waals surface area contributed by atoms with E-state index in [-0.39, 0.29) is 5.56 Å². The second-order valence-electron chi connectivity index (χ2n) is 3.08. The van der Waals surface area contributed by atoms with E-state index in [2.05, 4.69) is 15.3 Å². The minimum Gasteiger partial charge on any atom is -0.382 e. The highest BCUT2D eigenvalue weighted by Crippen LogP contribution is 2.21. The summed E-state index contributed by atoms with van der Waals surface area (Å²) in [5.74, 6) is -0.550. The van der Waals surface area contributed by atoms with E-state index < -0.39 is 11.9 Å². The summed E-state index contributed by atoms with van der Waals surface area (Å²) in [5, 5.41) is 17.1. The monoisotopic (exact) mass is 208 g/mol. The van der Waals surface area contributed by atoms with Gasteiger partial charge < -0.3 is 5.11 Å². The Morgan fingerprint density at radius 1 is 1.47 bits per heavy atom. The van der Waals surface area contributed by atoms with Crippen molar-refractivity contribution in [2.24, 2.45) is 7.05 Å². The lowest BCUT2D eigenvalue weighted by Crippen LogP contribution is -2.08. The van der Waals surface area contributed by atoms with Crippen LogP contribution in [0.15, 0.2) is 24.7 Å². The maximum atomic E-state index is 13.3. The number of aliphatic hydroxyl groups is 1. The van der Waals surface area contributed by atoms with Crippen LogP contribution in [0.2, 0.25) is 0 Å². The van der Waals surface area contributed by atoms with E-state index in [0.717, 1.165) is 6.20 Å². The lowest BCUT2D eigenvalue weighted by Gasteiger charge is -2.10. The van der Waals surface area contributed by atoms with Gasteiger partial charge in [-0.3, -0.25) is 4.98 Å². The number of aliphatic hydroxyl groups excluding tert-OH is 1. The van der Waals surface area contributed by atoms with Crippen LogP contribution in [-0.4, -0.2) is 25.1 Å². The van der Waals surface area contributed by atoms with Gasteiger partial charge in [-0.15, -0.1) is 5.10 Å². The van der Waals surface area contributed by atoms with E-state index in [4.69, 9.17) is 0 Å². The van der Waals surface area contributed by atoms with Crippen molar-refractivity contribution in [2.75, 3.05) is 0 Å². The molecule has 1 atom stereocenters. The number of hydrogen-bond acceptors (Lipinski definition) is 4. The van der Waals surface area contributed by atoms with Crippen molar-refractivity contribution in [3.05, 3.63) is 41.7 Å². The molecule has 0 fully saturated rings. The molecule has 2 aromatic heterocycles. The van der Waals surface area contributed by atoms with E-state index in [1.807, 2.05) is 0 Å². The maximum absolute atomic E-state index is 13.3.